The quantitative estimate of drug-likeness (QED) is 0.902. The molecule has 0 bridgehead atoms. The number of rotatable bonds is 3. The lowest BCUT2D eigenvalue weighted by molar-refractivity contribution is 0.126. The molecule has 1 aliphatic carbocycles. The number of aliphatic hydroxyl groups is 1. The highest BCUT2D eigenvalue weighted by molar-refractivity contribution is 5.92. The molecule has 0 amide bonds. The lowest BCUT2D eigenvalue weighted by Gasteiger charge is -2.27. The molecule has 0 unspecified atom stereocenters. The Kier molecular flexibility index (Phi) is 3.74. The molecule has 1 aliphatic rings. The van der Waals surface area contributed by atoms with Crippen LogP contribution in [-0.4, -0.2) is 29.3 Å². The number of methoxy groups -OCH3 is 1. The van der Waals surface area contributed by atoms with E-state index in [9.17, 15) is 5.11 Å². The van der Waals surface area contributed by atoms with Gasteiger partial charge in [-0.05, 0) is 55.3 Å². The van der Waals surface area contributed by atoms with Crippen LogP contribution < -0.4 is 10.1 Å². The number of aromatic nitrogens is 1. The van der Waals surface area contributed by atoms with Gasteiger partial charge in [0.1, 0.15) is 11.6 Å². The van der Waals surface area contributed by atoms with Gasteiger partial charge in [-0.15, -0.1) is 0 Å². The van der Waals surface area contributed by atoms with Crippen molar-refractivity contribution in [3.8, 4) is 5.75 Å². The molecule has 0 aliphatic heterocycles. The van der Waals surface area contributed by atoms with E-state index < -0.39 is 0 Å². The number of anilines is 1. The second kappa shape index (κ2) is 5.67. The third kappa shape index (κ3) is 2.70. The lowest BCUT2D eigenvalue weighted by Crippen LogP contribution is -2.28. The number of pyridine rings is 1. The van der Waals surface area contributed by atoms with Gasteiger partial charge in [0.25, 0.3) is 0 Å². The smallest absolute Gasteiger partial charge is 0.134 e. The van der Waals surface area contributed by atoms with Gasteiger partial charge in [-0.1, -0.05) is 0 Å². The Morgan fingerprint density at radius 1 is 1.20 bits per heavy atom. The fourth-order valence-electron chi connectivity index (χ4n) is 2.81. The molecule has 1 aromatic carbocycles. The first-order chi connectivity index (χ1) is 9.76. The van der Waals surface area contributed by atoms with Gasteiger partial charge >= 0.3 is 0 Å². The van der Waals surface area contributed by atoms with Crippen molar-refractivity contribution in [2.24, 2.45) is 0 Å². The van der Waals surface area contributed by atoms with Crippen molar-refractivity contribution >= 4 is 16.6 Å². The first-order valence-corrected chi connectivity index (χ1v) is 7.13. The van der Waals surface area contributed by atoms with Crippen molar-refractivity contribution < 1.29 is 9.84 Å². The van der Waals surface area contributed by atoms with Crippen LogP contribution in [0.5, 0.6) is 5.75 Å². The van der Waals surface area contributed by atoms with Crippen LogP contribution in [-0.2, 0) is 0 Å². The summed E-state index contributed by atoms with van der Waals surface area (Å²) in [7, 11) is 1.68. The van der Waals surface area contributed by atoms with Crippen LogP contribution in [0.2, 0.25) is 0 Å². The van der Waals surface area contributed by atoms with Crippen LogP contribution in [0.1, 0.15) is 25.7 Å². The average Bonchev–Trinajstić information content (AvgIpc) is 2.49. The molecule has 0 atom stereocenters. The molecule has 20 heavy (non-hydrogen) atoms. The number of ether oxygens (including phenoxy) is 1. The zero-order chi connectivity index (χ0) is 13.9. The molecule has 2 aromatic rings. The maximum atomic E-state index is 9.57. The first-order valence-electron chi connectivity index (χ1n) is 7.13. The van der Waals surface area contributed by atoms with Gasteiger partial charge in [0, 0.05) is 17.6 Å². The van der Waals surface area contributed by atoms with Crippen LogP contribution in [0.15, 0.2) is 30.5 Å². The summed E-state index contributed by atoms with van der Waals surface area (Å²) in [6.07, 6.45) is 5.43. The lowest BCUT2D eigenvalue weighted by atomic mass is 9.93. The van der Waals surface area contributed by atoms with Crippen LogP contribution in [0.25, 0.3) is 10.8 Å². The van der Waals surface area contributed by atoms with E-state index in [1.54, 1.807) is 7.11 Å². The maximum absolute atomic E-state index is 9.57. The molecule has 4 heteroatoms. The second-order valence-corrected chi connectivity index (χ2v) is 5.40. The Hall–Kier alpha value is -1.81. The number of hydrogen-bond acceptors (Lipinski definition) is 4. The molecule has 1 fully saturated rings. The van der Waals surface area contributed by atoms with Crippen LogP contribution >= 0.6 is 0 Å². The zero-order valence-corrected chi connectivity index (χ0v) is 11.7. The van der Waals surface area contributed by atoms with E-state index in [0.717, 1.165) is 48.0 Å². The van der Waals surface area contributed by atoms with Crippen molar-refractivity contribution in [1.82, 2.24) is 4.98 Å². The predicted molar refractivity (Wildman–Crippen MR) is 80.2 cm³/mol. The largest absolute Gasteiger partial charge is 0.497 e. The molecule has 2 N–H and O–H groups in total. The van der Waals surface area contributed by atoms with E-state index in [1.165, 1.54) is 0 Å². The molecular formula is C16H20N2O2. The summed E-state index contributed by atoms with van der Waals surface area (Å²) in [4.78, 5) is 4.46. The predicted octanol–water partition coefficient (Wildman–Crippen LogP) is 2.96. The monoisotopic (exact) mass is 272 g/mol. The minimum absolute atomic E-state index is 0.127. The van der Waals surface area contributed by atoms with E-state index in [-0.39, 0.29) is 6.10 Å². The third-order valence-corrected chi connectivity index (χ3v) is 4.01. The molecular weight excluding hydrogens is 252 g/mol. The number of benzene rings is 1. The number of fused-ring (bicyclic) bond motifs is 1. The summed E-state index contributed by atoms with van der Waals surface area (Å²) in [5.41, 5.74) is 0. The van der Waals surface area contributed by atoms with Gasteiger partial charge in [-0.25, -0.2) is 4.98 Å². The highest BCUT2D eigenvalue weighted by Gasteiger charge is 2.19. The van der Waals surface area contributed by atoms with Crippen molar-refractivity contribution in [2.45, 2.75) is 37.8 Å². The topological polar surface area (TPSA) is 54.4 Å². The Morgan fingerprint density at radius 3 is 2.75 bits per heavy atom. The number of hydrogen-bond donors (Lipinski definition) is 2. The normalized spacial score (nSPS) is 22.7. The number of nitrogens with zero attached hydrogens (tertiary/aromatic N) is 1. The number of aliphatic hydroxyl groups excluding tert-OH is 1. The molecule has 1 aromatic heterocycles. The minimum atomic E-state index is -0.127. The van der Waals surface area contributed by atoms with Gasteiger partial charge in [-0.3, -0.25) is 0 Å². The molecule has 0 radical (unpaired) electrons. The van der Waals surface area contributed by atoms with E-state index in [1.807, 2.05) is 30.5 Å². The third-order valence-electron chi connectivity index (χ3n) is 4.01. The summed E-state index contributed by atoms with van der Waals surface area (Å²) in [5.74, 6) is 1.78. The van der Waals surface area contributed by atoms with Crippen LogP contribution in [0.3, 0.4) is 0 Å². The first kappa shape index (κ1) is 13.2. The van der Waals surface area contributed by atoms with E-state index in [4.69, 9.17) is 4.74 Å². The Bertz CT molecular complexity index is 592. The van der Waals surface area contributed by atoms with Gasteiger partial charge < -0.3 is 15.2 Å². The molecule has 3 rings (SSSR count). The van der Waals surface area contributed by atoms with Crippen molar-refractivity contribution in [3.63, 3.8) is 0 Å². The molecule has 106 valence electrons. The Balaban J connectivity index is 1.84. The fraction of sp³-hybridized carbons (Fsp3) is 0.438. The van der Waals surface area contributed by atoms with Crippen LogP contribution in [0.4, 0.5) is 5.82 Å². The summed E-state index contributed by atoms with van der Waals surface area (Å²) in [6.45, 7) is 0. The molecule has 0 spiro atoms. The SMILES string of the molecule is COc1ccc2c(NC3CCC(O)CC3)nccc2c1. The maximum Gasteiger partial charge on any atom is 0.134 e. The van der Waals surface area contributed by atoms with Crippen LogP contribution in [0, 0.1) is 0 Å². The summed E-state index contributed by atoms with van der Waals surface area (Å²) in [6, 6.07) is 8.42. The Morgan fingerprint density at radius 2 is 2.00 bits per heavy atom. The molecule has 1 heterocycles. The molecule has 1 saturated carbocycles. The van der Waals surface area contributed by atoms with Crippen molar-refractivity contribution in [2.75, 3.05) is 12.4 Å². The average molecular weight is 272 g/mol. The van der Waals surface area contributed by atoms with Gasteiger partial charge in [-0.2, -0.15) is 0 Å². The van der Waals surface area contributed by atoms with Gasteiger partial charge in [0.2, 0.25) is 0 Å². The molecule has 0 saturated heterocycles. The van der Waals surface area contributed by atoms with Crippen molar-refractivity contribution in [1.29, 1.82) is 0 Å². The summed E-state index contributed by atoms with van der Waals surface area (Å²) in [5, 5.41) is 15.3. The second-order valence-electron chi connectivity index (χ2n) is 5.40. The minimum Gasteiger partial charge on any atom is -0.497 e. The van der Waals surface area contributed by atoms with Crippen molar-refractivity contribution in [3.05, 3.63) is 30.5 Å². The van der Waals surface area contributed by atoms with E-state index >= 15 is 0 Å². The van der Waals surface area contributed by atoms with Gasteiger partial charge in [0.15, 0.2) is 0 Å². The summed E-state index contributed by atoms with van der Waals surface area (Å²) >= 11 is 0. The number of nitrogens with one attached hydrogen (secondary N) is 1. The molecule has 4 nitrogen and oxygen atoms in total. The zero-order valence-electron chi connectivity index (χ0n) is 11.7. The van der Waals surface area contributed by atoms with E-state index in [0.29, 0.717) is 6.04 Å². The standard InChI is InChI=1S/C16H20N2O2/c1-20-14-6-7-15-11(10-14)8-9-17-16(15)18-12-2-4-13(19)5-3-12/h6-10,12-13,19H,2-5H2,1H3,(H,17,18). The van der Waals surface area contributed by atoms with E-state index in [2.05, 4.69) is 10.3 Å². The highest BCUT2D eigenvalue weighted by atomic mass is 16.5. The summed E-state index contributed by atoms with van der Waals surface area (Å²) < 4.78 is 5.26. The fourth-order valence-corrected chi connectivity index (χ4v) is 2.81. The Labute approximate surface area is 118 Å². The highest BCUT2D eigenvalue weighted by Crippen LogP contribution is 2.28. The van der Waals surface area contributed by atoms with Gasteiger partial charge in [0.05, 0.1) is 13.2 Å².